The number of halogens is 1. The molecule has 0 atom stereocenters. The summed E-state index contributed by atoms with van der Waals surface area (Å²) in [5, 5.41) is 10.1. The Hall–Kier alpha value is -2.21. The number of nitrogens with one attached hydrogen (secondary N) is 3. The molecule has 0 unspecified atom stereocenters. The van der Waals surface area contributed by atoms with E-state index in [-0.39, 0.29) is 36.4 Å². The smallest absolute Gasteiger partial charge is 0.251 e. The number of rotatable bonds is 10. The first-order valence-corrected chi connectivity index (χ1v) is 10.4. The van der Waals surface area contributed by atoms with E-state index in [1.807, 2.05) is 25.3 Å². The van der Waals surface area contributed by atoms with Crippen LogP contribution in [0.4, 0.5) is 0 Å². The minimum atomic E-state index is -0.576. The number of guanidine groups is 1. The van der Waals surface area contributed by atoms with Crippen LogP contribution in [-0.4, -0.2) is 42.4 Å². The number of thiazole rings is 1. The molecule has 0 aliphatic rings. The molecular formula is C20H29IN6O2S. The van der Waals surface area contributed by atoms with Gasteiger partial charge in [0.25, 0.3) is 5.91 Å². The van der Waals surface area contributed by atoms with Crippen LogP contribution in [0.15, 0.2) is 35.5 Å². The van der Waals surface area contributed by atoms with Crippen LogP contribution < -0.4 is 21.7 Å². The largest absolute Gasteiger partial charge is 0.368 e. The maximum Gasteiger partial charge on any atom is 0.251 e. The van der Waals surface area contributed by atoms with Crippen LogP contribution in [0.1, 0.15) is 39.7 Å². The van der Waals surface area contributed by atoms with Crippen LogP contribution in [0.25, 0.3) is 0 Å². The molecule has 0 saturated heterocycles. The molecule has 5 N–H and O–H groups in total. The summed E-state index contributed by atoms with van der Waals surface area (Å²) in [6.07, 6.45) is 3.81. The Morgan fingerprint density at radius 2 is 1.87 bits per heavy atom. The Morgan fingerprint density at radius 3 is 2.47 bits per heavy atom. The van der Waals surface area contributed by atoms with E-state index < -0.39 is 5.91 Å². The van der Waals surface area contributed by atoms with E-state index in [0.717, 1.165) is 42.5 Å². The lowest BCUT2D eigenvalue weighted by Gasteiger charge is -2.11. The fourth-order valence-electron chi connectivity index (χ4n) is 2.46. The highest BCUT2D eigenvalue weighted by molar-refractivity contribution is 14.0. The molecule has 0 aliphatic heterocycles. The van der Waals surface area contributed by atoms with Gasteiger partial charge in [0.15, 0.2) is 5.96 Å². The molecule has 2 rings (SSSR count). The lowest BCUT2D eigenvalue weighted by Crippen LogP contribution is -2.38. The average molecular weight is 544 g/mol. The molecule has 10 heteroatoms. The molecule has 1 aromatic heterocycles. The number of carbonyl (C=O) groups is 2. The topological polar surface area (TPSA) is 122 Å². The molecule has 8 nitrogen and oxygen atoms in total. The van der Waals surface area contributed by atoms with Gasteiger partial charge in [0, 0.05) is 36.1 Å². The van der Waals surface area contributed by atoms with E-state index in [1.54, 1.807) is 23.5 Å². The standard InChI is InChI=1S/C20H28N6O2S.HI/c1-3-16-12-24-18(29-16)9-10-23-20(22-4-2)26-11-14-5-7-15(8-6-14)19(28)25-13-17(21)27;/h5-8,12H,3-4,9-11,13H2,1-2H3,(H2,21,27)(H,25,28)(H2,22,23,26);1H. The third kappa shape index (κ3) is 9.08. The van der Waals surface area contributed by atoms with Crippen molar-refractivity contribution in [2.75, 3.05) is 19.6 Å². The molecule has 1 aromatic carbocycles. The molecule has 0 spiro atoms. The Morgan fingerprint density at radius 1 is 1.13 bits per heavy atom. The second kappa shape index (κ2) is 13.9. The quantitative estimate of drug-likeness (QED) is 0.207. The van der Waals surface area contributed by atoms with Gasteiger partial charge in [0.1, 0.15) is 0 Å². The maximum absolute atomic E-state index is 11.9. The minimum Gasteiger partial charge on any atom is -0.368 e. The number of primary amides is 1. The van der Waals surface area contributed by atoms with Crippen molar-refractivity contribution in [1.82, 2.24) is 20.9 Å². The van der Waals surface area contributed by atoms with Gasteiger partial charge >= 0.3 is 0 Å². The molecule has 1 heterocycles. The Balaban J connectivity index is 0.00000450. The fourth-order valence-corrected chi connectivity index (χ4v) is 3.32. The highest BCUT2D eigenvalue weighted by Gasteiger charge is 2.06. The summed E-state index contributed by atoms with van der Waals surface area (Å²) in [4.78, 5) is 33.0. The molecular weight excluding hydrogens is 515 g/mol. The second-order valence-corrected chi connectivity index (χ2v) is 7.49. The number of benzene rings is 1. The molecule has 2 aromatic rings. The number of nitrogens with two attached hydrogens (primary N) is 1. The highest BCUT2D eigenvalue weighted by atomic mass is 127. The number of aryl methyl sites for hydroxylation is 1. The molecule has 2 amide bonds. The first-order valence-electron chi connectivity index (χ1n) is 9.63. The highest BCUT2D eigenvalue weighted by Crippen LogP contribution is 2.13. The lowest BCUT2D eigenvalue weighted by molar-refractivity contribution is -0.117. The summed E-state index contributed by atoms with van der Waals surface area (Å²) in [5.74, 6) is -0.168. The normalized spacial score (nSPS) is 10.8. The summed E-state index contributed by atoms with van der Waals surface area (Å²) in [7, 11) is 0. The van der Waals surface area contributed by atoms with E-state index >= 15 is 0 Å². The van der Waals surface area contributed by atoms with Crippen LogP contribution in [-0.2, 0) is 24.2 Å². The van der Waals surface area contributed by atoms with Gasteiger partial charge in [-0.05, 0) is 31.0 Å². The van der Waals surface area contributed by atoms with E-state index in [0.29, 0.717) is 12.1 Å². The lowest BCUT2D eigenvalue weighted by atomic mass is 10.1. The number of nitrogens with zero attached hydrogens (tertiary/aromatic N) is 2. The zero-order valence-corrected chi connectivity index (χ0v) is 20.4. The van der Waals surface area contributed by atoms with E-state index in [4.69, 9.17) is 5.73 Å². The SMILES string of the molecule is CCNC(=NCc1ccc(C(=O)NCC(N)=O)cc1)NCCc1ncc(CC)s1.I. The summed E-state index contributed by atoms with van der Waals surface area (Å²) < 4.78 is 0. The van der Waals surface area contributed by atoms with Crippen molar-refractivity contribution in [1.29, 1.82) is 0 Å². The van der Waals surface area contributed by atoms with E-state index in [2.05, 4.69) is 32.9 Å². The molecule has 0 aliphatic carbocycles. The third-order valence-corrected chi connectivity index (χ3v) is 5.19. The van der Waals surface area contributed by atoms with Gasteiger partial charge in [-0.25, -0.2) is 9.98 Å². The first-order chi connectivity index (χ1) is 14.0. The molecule has 0 radical (unpaired) electrons. The second-order valence-electron chi connectivity index (χ2n) is 6.29. The van der Waals surface area contributed by atoms with Gasteiger partial charge in [-0.2, -0.15) is 0 Å². The maximum atomic E-state index is 11.9. The van der Waals surface area contributed by atoms with Crippen molar-refractivity contribution in [2.24, 2.45) is 10.7 Å². The van der Waals surface area contributed by atoms with Crippen LogP contribution in [0.2, 0.25) is 0 Å². The average Bonchev–Trinajstić information content (AvgIpc) is 3.18. The van der Waals surface area contributed by atoms with Gasteiger partial charge in [-0.15, -0.1) is 35.3 Å². The van der Waals surface area contributed by atoms with Gasteiger partial charge in [0.05, 0.1) is 18.1 Å². The molecule has 0 bridgehead atoms. The van der Waals surface area contributed by atoms with Crippen molar-refractivity contribution in [3.8, 4) is 0 Å². The van der Waals surface area contributed by atoms with Gasteiger partial charge in [0.2, 0.25) is 5.91 Å². The van der Waals surface area contributed by atoms with Gasteiger partial charge in [-0.1, -0.05) is 19.1 Å². The zero-order chi connectivity index (χ0) is 21.1. The van der Waals surface area contributed by atoms with E-state index in [1.165, 1.54) is 4.88 Å². The van der Waals surface area contributed by atoms with Crippen molar-refractivity contribution in [3.63, 3.8) is 0 Å². The summed E-state index contributed by atoms with van der Waals surface area (Å²) >= 11 is 1.75. The zero-order valence-electron chi connectivity index (χ0n) is 17.2. The Bertz CT molecular complexity index is 838. The van der Waals surface area contributed by atoms with Crippen LogP contribution in [0.5, 0.6) is 0 Å². The number of aromatic nitrogens is 1. The van der Waals surface area contributed by atoms with Gasteiger partial charge < -0.3 is 21.7 Å². The van der Waals surface area contributed by atoms with Crippen molar-refractivity contribution in [2.45, 2.75) is 33.2 Å². The summed E-state index contributed by atoms with van der Waals surface area (Å²) in [6.45, 7) is 5.97. The van der Waals surface area contributed by atoms with Crippen molar-refractivity contribution in [3.05, 3.63) is 51.5 Å². The van der Waals surface area contributed by atoms with Crippen LogP contribution in [0.3, 0.4) is 0 Å². The molecule has 0 fully saturated rings. The van der Waals surface area contributed by atoms with E-state index in [9.17, 15) is 9.59 Å². The number of aliphatic imine (C=N–C) groups is 1. The minimum absolute atomic E-state index is 0. The summed E-state index contributed by atoms with van der Waals surface area (Å²) in [6, 6.07) is 7.09. The first kappa shape index (κ1) is 25.8. The fraction of sp³-hybridized carbons (Fsp3) is 0.400. The van der Waals surface area contributed by atoms with Gasteiger partial charge in [-0.3, -0.25) is 9.59 Å². The Labute approximate surface area is 198 Å². The summed E-state index contributed by atoms with van der Waals surface area (Å²) in [5.41, 5.74) is 6.47. The number of hydrogen-bond acceptors (Lipinski definition) is 5. The number of hydrogen-bond donors (Lipinski definition) is 4. The third-order valence-electron chi connectivity index (χ3n) is 3.98. The molecule has 0 saturated carbocycles. The van der Waals surface area contributed by atoms with Crippen LogP contribution in [0, 0.1) is 0 Å². The van der Waals surface area contributed by atoms with Crippen molar-refractivity contribution >= 4 is 53.1 Å². The van der Waals surface area contributed by atoms with Crippen LogP contribution >= 0.6 is 35.3 Å². The number of amides is 2. The monoisotopic (exact) mass is 544 g/mol. The predicted octanol–water partition coefficient (Wildman–Crippen LogP) is 1.84. The molecule has 164 valence electrons. The van der Waals surface area contributed by atoms with Crippen molar-refractivity contribution < 1.29 is 9.59 Å². The Kier molecular flexibility index (Phi) is 12.0. The number of carbonyl (C=O) groups excluding carboxylic acids is 2. The predicted molar refractivity (Wildman–Crippen MR) is 131 cm³/mol. The molecule has 30 heavy (non-hydrogen) atoms.